The van der Waals surface area contributed by atoms with Crippen LogP contribution in [0.3, 0.4) is 0 Å². The van der Waals surface area contributed by atoms with Gasteiger partial charge in [0.1, 0.15) is 22.7 Å². The summed E-state index contributed by atoms with van der Waals surface area (Å²) in [5, 5.41) is 7.87. The van der Waals surface area contributed by atoms with E-state index >= 15 is 0 Å². The molecule has 286 valence electrons. The first-order valence-corrected chi connectivity index (χ1v) is 21.8. The first kappa shape index (κ1) is 34.4. The van der Waals surface area contributed by atoms with E-state index < -0.39 is 0 Å². The lowest BCUT2D eigenvalue weighted by Crippen LogP contribution is -2.49. The molecule has 58 heavy (non-hydrogen) atoms. The summed E-state index contributed by atoms with van der Waals surface area (Å²) >= 11 is 0. The molecule has 0 aromatic heterocycles. The van der Waals surface area contributed by atoms with Crippen LogP contribution in [0.15, 0.2) is 133 Å². The van der Waals surface area contributed by atoms with Crippen LogP contribution >= 0.6 is 0 Å². The lowest BCUT2D eigenvalue weighted by molar-refractivity contribution is 0.00727. The van der Waals surface area contributed by atoms with Gasteiger partial charge in [-0.1, -0.05) is 124 Å². The molecule has 8 aromatic rings. The van der Waals surface area contributed by atoms with Crippen molar-refractivity contribution in [3.05, 3.63) is 145 Å². The third-order valence-electron chi connectivity index (χ3n) is 16.0. The number of ether oxygens (including phenoxy) is 2. The summed E-state index contributed by atoms with van der Waals surface area (Å²) in [5.74, 6) is 2.13. The second-order valence-corrected chi connectivity index (χ2v) is 18.9. The molecule has 0 spiro atoms. The Morgan fingerprint density at radius 3 is 1.12 bits per heavy atom. The summed E-state index contributed by atoms with van der Waals surface area (Å²) in [4.78, 5) is 0. The molecule has 4 atom stereocenters. The third-order valence-corrected chi connectivity index (χ3v) is 16.0. The average molecular weight is 755 g/mol. The fourth-order valence-corrected chi connectivity index (χ4v) is 12.2. The maximum absolute atomic E-state index is 6.84. The largest absolute Gasteiger partial charge is 0.486 e. The Morgan fingerprint density at radius 1 is 0.362 bits per heavy atom. The van der Waals surface area contributed by atoms with Crippen molar-refractivity contribution in [1.29, 1.82) is 0 Å². The lowest BCUT2D eigenvalue weighted by atomic mass is 9.63. The molecule has 0 bridgehead atoms. The van der Waals surface area contributed by atoms with E-state index in [-0.39, 0.29) is 22.0 Å². The zero-order chi connectivity index (χ0) is 39.0. The quantitative estimate of drug-likeness (QED) is 0.167. The number of rotatable bonds is 4. The summed E-state index contributed by atoms with van der Waals surface area (Å²) in [7, 11) is 0. The highest BCUT2D eigenvalue weighted by Crippen LogP contribution is 2.59. The van der Waals surface area contributed by atoms with Crippen LogP contribution in [0.1, 0.15) is 90.2 Å². The SMILES string of the molecule is CC12CCCCC1(C)c1cc(-c3cc(-c4ccccc4)c4ccc5c(-c6ccc7c(c6)C6(C)CCCCC6(C)O7)cc(-c6ccccc6)c6ccc3c4c65)ccc1O2. The summed E-state index contributed by atoms with van der Waals surface area (Å²) < 4.78 is 13.7. The van der Waals surface area contributed by atoms with Gasteiger partial charge in [-0.05, 0) is 166 Å². The molecule has 0 amide bonds. The minimum Gasteiger partial charge on any atom is -0.486 e. The van der Waals surface area contributed by atoms with Crippen molar-refractivity contribution in [2.24, 2.45) is 0 Å². The van der Waals surface area contributed by atoms with Crippen molar-refractivity contribution < 1.29 is 9.47 Å². The second kappa shape index (κ2) is 12.0. The van der Waals surface area contributed by atoms with E-state index in [9.17, 15) is 0 Å². The Hall–Kier alpha value is -5.60. The second-order valence-electron chi connectivity index (χ2n) is 18.9. The predicted molar refractivity (Wildman–Crippen MR) is 242 cm³/mol. The maximum atomic E-state index is 6.84. The number of hydrogen-bond donors (Lipinski definition) is 0. The average Bonchev–Trinajstić information content (AvgIpc) is 3.64. The van der Waals surface area contributed by atoms with Gasteiger partial charge in [-0.25, -0.2) is 0 Å². The third kappa shape index (κ3) is 4.55. The normalized spacial score (nSPS) is 25.9. The van der Waals surface area contributed by atoms with Gasteiger partial charge in [-0.2, -0.15) is 0 Å². The van der Waals surface area contributed by atoms with Crippen molar-refractivity contribution in [3.8, 4) is 56.0 Å². The molecule has 2 aliphatic carbocycles. The van der Waals surface area contributed by atoms with E-state index in [1.165, 1.54) is 114 Å². The molecule has 0 saturated heterocycles. The molecular formula is C56H50O2. The van der Waals surface area contributed by atoms with E-state index in [1.54, 1.807) is 0 Å². The zero-order valence-electron chi connectivity index (χ0n) is 34.2. The first-order chi connectivity index (χ1) is 28.2. The Morgan fingerprint density at radius 2 is 0.724 bits per heavy atom. The van der Waals surface area contributed by atoms with E-state index in [1.807, 2.05) is 0 Å². The molecule has 12 rings (SSSR count). The molecule has 2 nitrogen and oxygen atoms in total. The molecule has 2 saturated carbocycles. The summed E-state index contributed by atoms with van der Waals surface area (Å²) in [6, 6.07) is 50.7. The van der Waals surface area contributed by atoms with E-state index in [0.29, 0.717) is 0 Å². The van der Waals surface area contributed by atoms with Crippen LogP contribution in [0.5, 0.6) is 11.5 Å². The van der Waals surface area contributed by atoms with Crippen molar-refractivity contribution >= 4 is 32.3 Å². The number of fused-ring (bicyclic) bond motifs is 6. The summed E-state index contributed by atoms with van der Waals surface area (Å²) in [6.45, 7) is 9.60. The minimum absolute atomic E-state index is 0.00480. The van der Waals surface area contributed by atoms with Crippen LogP contribution in [0, 0.1) is 0 Å². The fourth-order valence-electron chi connectivity index (χ4n) is 12.2. The van der Waals surface area contributed by atoms with Gasteiger partial charge in [0.2, 0.25) is 0 Å². The molecule has 4 aliphatic rings. The van der Waals surface area contributed by atoms with Gasteiger partial charge in [0.05, 0.1) is 0 Å². The highest BCUT2D eigenvalue weighted by Gasteiger charge is 2.56. The van der Waals surface area contributed by atoms with Crippen LogP contribution in [-0.2, 0) is 10.8 Å². The number of benzene rings is 8. The highest BCUT2D eigenvalue weighted by atomic mass is 16.5. The Kier molecular flexibility index (Phi) is 7.11. The molecule has 4 unspecified atom stereocenters. The van der Waals surface area contributed by atoms with Crippen molar-refractivity contribution in [1.82, 2.24) is 0 Å². The Labute approximate surface area is 342 Å². The molecule has 0 radical (unpaired) electrons. The highest BCUT2D eigenvalue weighted by molar-refractivity contribution is 6.32. The zero-order valence-corrected chi connectivity index (χ0v) is 34.2. The molecular weight excluding hydrogens is 705 g/mol. The van der Waals surface area contributed by atoms with Gasteiger partial charge in [0, 0.05) is 22.0 Å². The molecule has 8 aromatic carbocycles. The topological polar surface area (TPSA) is 18.5 Å². The van der Waals surface area contributed by atoms with Crippen LogP contribution in [0.4, 0.5) is 0 Å². The lowest BCUT2D eigenvalue weighted by Gasteiger charge is -2.43. The van der Waals surface area contributed by atoms with Crippen LogP contribution < -0.4 is 9.47 Å². The smallest absolute Gasteiger partial charge is 0.124 e. The number of hydrogen-bond acceptors (Lipinski definition) is 2. The van der Waals surface area contributed by atoms with E-state index in [0.717, 1.165) is 37.2 Å². The molecule has 2 heteroatoms. The van der Waals surface area contributed by atoms with Crippen molar-refractivity contribution in [2.75, 3.05) is 0 Å². The molecule has 2 aliphatic heterocycles. The minimum atomic E-state index is -0.162. The van der Waals surface area contributed by atoms with Gasteiger partial charge in [-0.3, -0.25) is 0 Å². The van der Waals surface area contributed by atoms with Gasteiger partial charge in [0.25, 0.3) is 0 Å². The Balaban J connectivity index is 1.16. The fraction of sp³-hybridized carbons (Fsp3) is 0.286. The van der Waals surface area contributed by atoms with E-state index in [2.05, 4.69) is 161 Å². The summed E-state index contributed by atoms with van der Waals surface area (Å²) in [6.07, 6.45) is 9.48. The molecule has 0 N–H and O–H groups in total. The standard InChI is InChI=1S/C56H50O2/c1-53-27-11-13-29-55(53,3)57-49-25-19-37(31-47(49)53)45-33-43(35-15-7-5-8-16-35)39-22-24-42-46(38-20-26-50-48(32-38)54(2)28-12-14-30-56(54,4)58-50)34-44(36-17-9-6-10-18-36)40-21-23-41(45)51(39)52(40)42/h5-10,15-26,31-34H,11-14,27-30H2,1-4H3. The van der Waals surface area contributed by atoms with E-state index in [4.69, 9.17) is 9.47 Å². The van der Waals surface area contributed by atoms with Gasteiger partial charge in [-0.15, -0.1) is 0 Å². The van der Waals surface area contributed by atoms with Crippen molar-refractivity contribution in [3.63, 3.8) is 0 Å². The van der Waals surface area contributed by atoms with Gasteiger partial charge >= 0.3 is 0 Å². The monoisotopic (exact) mass is 754 g/mol. The predicted octanol–water partition coefficient (Wildman–Crippen LogP) is 15.2. The van der Waals surface area contributed by atoms with Crippen LogP contribution in [0.25, 0.3) is 76.8 Å². The van der Waals surface area contributed by atoms with Gasteiger partial charge in [0.15, 0.2) is 0 Å². The van der Waals surface area contributed by atoms with Crippen LogP contribution in [-0.4, -0.2) is 11.2 Å². The van der Waals surface area contributed by atoms with Crippen molar-refractivity contribution in [2.45, 2.75) is 101 Å². The molecule has 2 fully saturated rings. The Bertz CT molecular complexity index is 2760. The summed E-state index contributed by atoms with van der Waals surface area (Å²) in [5.41, 5.74) is 12.5. The maximum Gasteiger partial charge on any atom is 0.124 e. The molecule has 2 heterocycles. The first-order valence-electron chi connectivity index (χ1n) is 21.8. The van der Waals surface area contributed by atoms with Gasteiger partial charge < -0.3 is 9.47 Å². The van der Waals surface area contributed by atoms with Crippen LogP contribution in [0.2, 0.25) is 0 Å².